The normalized spacial score (nSPS) is 16.0. The van der Waals surface area contributed by atoms with E-state index in [1.807, 2.05) is 0 Å². The quantitative estimate of drug-likeness (QED) is 0.545. The number of aromatic hydroxyl groups is 1. The Labute approximate surface area is 155 Å². The van der Waals surface area contributed by atoms with E-state index in [2.05, 4.69) is 21.2 Å². The van der Waals surface area contributed by atoms with E-state index in [1.165, 1.54) is 12.1 Å². The van der Waals surface area contributed by atoms with Crippen molar-refractivity contribution in [2.75, 3.05) is 4.90 Å². The van der Waals surface area contributed by atoms with Crippen LogP contribution < -0.4 is 10.2 Å². The van der Waals surface area contributed by atoms with Gasteiger partial charge in [-0.1, -0.05) is 23.2 Å². The van der Waals surface area contributed by atoms with Gasteiger partial charge in [0.05, 0.1) is 15.2 Å². The Morgan fingerprint density at radius 1 is 1.12 bits per heavy atom. The average Bonchev–Trinajstić information content (AvgIpc) is 2.80. The lowest BCUT2D eigenvalue weighted by Crippen LogP contribution is -2.30. The molecule has 3 rings (SSSR count). The maximum Gasteiger partial charge on any atom is 0.333 e. The van der Waals surface area contributed by atoms with Crippen LogP contribution in [0.3, 0.4) is 0 Å². The Hall–Kier alpha value is -2.02. The number of hydrogen-bond donors (Lipinski definition) is 2. The van der Waals surface area contributed by atoms with Gasteiger partial charge in [-0.05, 0) is 64.0 Å². The van der Waals surface area contributed by atoms with Crippen LogP contribution in [0, 0.1) is 0 Å². The second-order valence-corrected chi connectivity index (χ2v) is 6.64. The molecule has 1 aliphatic heterocycles. The number of nitrogens with one attached hydrogen (secondary N) is 1. The van der Waals surface area contributed by atoms with Crippen molar-refractivity contribution in [3.8, 4) is 5.75 Å². The monoisotopic (exact) mass is 426 g/mol. The summed E-state index contributed by atoms with van der Waals surface area (Å²) >= 11 is 14.9. The molecule has 1 aliphatic rings. The van der Waals surface area contributed by atoms with Crippen LogP contribution in [0.15, 0.2) is 46.6 Å². The fraction of sp³-hybridized carbons (Fsp3) is 0. The third-order valence-electron chi connectivity index (χ3n) is 3.31. The molecule has 0 bridgehead atoms. The molecule has 1 heterocycles. The molecule has 8 heteroatoms. The molecule has 0 aromatic heterocycles. The van der Waals surface area contributed by atoms with Gasteiger partial charge >= 0.3 is 6.03 Å². The smallest absolute Gasteiger partial charge is 0.333 e. The van der Waals surface area contributed by atoms with E-state index in [-0.39, 0.29) is 16.5 Å². The van der Waals surface area contributed by atoms with Crippen LogP contribution in [0.1, 0.15) is 5.56 Å². The van der Waals surface area contributed by atoms with Crippen LogP contribution in [0.25, 0.3) is 6.08 Å². The van der Waals surface area contributed by atoms with Crippen molar-refractivity contribution >= 4 is 62.8 Å². The zero-order chi connectivity index (χ0) is 17.4. The van der Waals surface area contributed by atoms with Crippen LogP contribution in [0.4, 0.5) is 10.5 Å². The number of phenolic OH excluding ortho intramolecular Hbond substituents is 1. The van der Waals surface area contributed by atoms with Gasteiger partial charge in [-0.3, -0.25) is 4.79 Å². The summed E-state index contributed by atoms with van der Waals surface area (Å²) in [6.07, 6.45) is 1.48. The standard InChI is InChI=1S/C16H9BrCl2N2O3/c17-11-5-8(6-12(19)14(11)22)7-13-15(23)21(16(24)20-13)10-3-1-9(18)2-4-10/h1-7,22H,(H,20,24)/b13-7+. The van der Waals surface area contributed by atoms with Crippen LogP contribution >= 0.6 is 39.1 Å². The number of anilines is 1. The van der Waals surface area contributed by atoms with Gasteiger partial charge in [0, 0.05) is 5.02 Å². The zero-order valence-electron chi connectivity index (χ0n) is 11.9. The Balaban J connectivity index is 1.95. The minimum absolute atomic E-state index is 0.0941. The molecular weight excluding hydrogens is 419 g/mol. The molecule has 0 spiro atoms. The summed E-state index contributed by atoms with van der Waals surface area (Å²) < 4.78 is 0.383. The maximum atomic E-state index is 12.5. The van der Waals surface area contributed by atoms with E-state index in [1.54, 1.807) is 30.3 Å². The molecule has 0 unspecified atom stereocenters. The van der Waals surface area contributed by atoms with Crippen LogP contribution in [0.5, 0.6) is 5.75 Å². The van der Waals surface area contributed by atoms with E-state index in [0.717, 1.165) is 4.90 Å². The van der Waals surface area contributed by atoms with Gasteiger partial charge in [-0.15, -0.1) is 0 Å². The van der Waals surface area contributed by atoms with Gasteiger partial charge in [0.25, 0.3) is 5.91 Å². The van der Waals surface area contributed by atoms with Gasteiger partial charge < -0.3 is 10.4 Å². The molecular formula is C16H9BrCl2N2O3. The number of hydrogen-bond acceptors (Lipinski definition) is 3. The highest BCUT2D eigenvalue weighted by Gasteiger charge is 2.34. The number of benzene rings is 2. The molecule has 1 saturated heterocycles. The van der Waals surface area contributed by atoms with Crippen molar-refractivity contribution in [1.82, 2.24) is 5.32 Å². The van der Waals surface area contributed by atoms with Crippen LogP contribution in [-0.2, 0) is 4.79 Å². The van der Waals surface area contributed by atoms with E-state index >= 15 is 0 Å². The second kappa shape index (κ2) is 6.47. The van der Waals surface area contributed by atoms with Crippen molar-refractivity contribution in [1.29, 1.82) is 0 Å². The fourth-order valence-corrected chi connectivity index (χ4v) is 3.14. The highest BCUT2D eigenvalue weighted by Crippen LogP contribution is 2.34. The average molecular weight is 428 g/mol. The van der Waals surface area contributed by atoms with Gasteiger partial charge in [0.2, 0.25) is 0 Å². The number of carbonyl (C=O) groups excluding carboxylic acids is 2. The van der Waals surface area contributed by atoms with E-state index < -0.39 is 11.9 Å². The summed E-state index contributed by atoms with van der Waals surface area (Å²) in [5.74, 6) is -0.592. The minimum Gasteiger partial charge on any atom is -0.505 e. The van der Waals surface area contributed by atoms with Crippen molar-refractivity contribution in [2.24, 2.45) is 0 Å². The lowest BCUT2D eigenvalue weighted by atomic mass is 10.2. The molecule has 2 aromatic rings. The highest BCUT2D eigenvalue weighted by molar-refractivity contribution is 9.10. The number of urea groups is 1. The van der Waals surface area contributed by atoms with Crippen molar-refractivity contribution in [3.05, 3.63) is 62.2 Å². The first kappa shape index (κ1) is 16.8. The predicted molar refractivity (Wildman–Crippen MR) is 96.3 cm³/mol. The lowest BCUT2D eigenvalue weighted by molar-refractivity contribution is -0.113. The fourth-order valence-electron chi connectivity index (χ4n) is 2.19. The lowest BCUT2D eigenvalue weighted by Gasteiger charge is -2.11. The summed E-state index contributed by atoms with van der Waals surface area (Å²) in [6.45, 7) is 0. The molecule has 2 aromatic carbocycles. The number of rotatable bonds is 2. The Morgan fingerprint density at radius 2 is 1.79 bits per heavy atom. The number of phenols is 1. The van der Waals surface area contributed by atoms with Crippen molar-refractivity contribution in [3.63, 3.8) is 0 Å². The number of amides is 3. The van der Waals surface area contributed by atoms with Gasteiger partial charge in [-0.2, -0.15) is 0 Å². The van der Waals surface area contributed by atoms with Crippen LogP contribution in [-0.4, -0.2) is 17.0 Å². The topological polar surface area (TPSA) is 69.6 Å². The SMILES string of the molecule is O=C1N/C(=C/c2cc(Cl)c(O)c(Br)c2)C(=O)N1c1ccc(Cl)cc1. The third kappa shape index (κ3) is 3.13. The molecule has 0 atom stereocenters. The first-order valence-corrected chi connectivity index (χ1v) is 8.22. The zero-order valence-corrected chi connectivity index (χ0v) is 15.0. The summed E-state index contributed by atoms with van der Waals surface area (Å²) in [5.41, 5.74) is 1.06. The number of carbonyl (C=O) groups is 2. The molecule has 122 valence electrons. The number of imide groups is 1. The predicted octanol–water partition coefficient (Wildman–Crippen LogP) is 4.56. The summed E-state index contributed by atoms with van der Waals surface area (Å²) in [4.78, 5) is 25.6. The van der Waals surface area contributed by atoms with Gasteiger partial charge in [0.15, 0.2) is 0 Å². The number of halogens is 3. The molecule has 3 amide bonds. The molecule has 5 nitrogen and oxygen atoms in total. The van der Waals surface area contributed by atoms with Crippen molar-refractivity contribution < 1.29 is 14.7 Å². The Kier molecular flexibility index (Phi) is 4.54. The third-order valence-corrected chi connectivity index (χ3v) is 4.46. The maximum absolute atomic E-state index is 12.5. The first-order valence-electron chi connectivity index (χ1n) is 6.67. The largest absolute Gasteiger partial charge is 0.505 e. The Morgan fingerprint density at radius 3 is 2.42 bits per heavy atom. The molecule has 0 radical (unpaired) electrons. The van der Waals surface area contributed by atoms with Crippen LogP contribution in [0.2, 0.25) is 10.0 Å². The second-order valence-electron chi connectivity index (χ2n) is 4.94. The van der Waals surface area contributed by atoms with Gasteiger partial charge in [0.1, 0.15) is 11.4 Å². The van der Waals surface area contributed by atoms with E-state index in [4.69, 9.17) is 23.2 Å². The van der Waals surface area contributed by atoms with E-state index in [9.17, 15) is 14.7 Å². The summed E-state index contributed by atoms with van der Waals surface area (Å²) in [7, 11) is 0. The molecule has 2 N–H and O–H groups in total. The van der Waals surface area contributed by atoms with Crippen molar-refractivity contribution in [2.45, 2.75) is 0 Å². The molecule has 24 heavy (non-hydrogen) atoms. The molecule has 1 fully saturated rings. The molecule has 0 aliphatic carbocycles. The summed E-state index contributed by atoms with van der Waals surface area (Å²) in [6, 6.07) is 8.86. The summed E-state index contributed by atoms with van der Waals surface area (Å²) in [5, 5.41) is 12.8. The minimum atomic E-state index is -0.558. The molecule has 0 saturated carbocycles. The Bertz CT molecular complexity index is 858. The highest BCUT2D eigenvalue weighted by atomic mass is 79.9. The van der Waals surface area contributed by atoms with Gasteiger partial charge in [-0.25, -0.2) is 9.69 Å². The van der Waals surface area contributed by atoms with E-state index in [0.29, 0.717) is 20.7 Å². The first-order chi connectivity index (χ1) is 11.4. The number of nitrogens with zero attached hydrogens (tertiary/aromatic N) is 1.